The summed E-state index contributed by atoms with van der Waals surface area (Å²) in [4.78, 5) is 0. The van der Waals surface area contributed by atoms with Gasteiger partial charge in [0.05, 0.1) is 6.20 Å². The van der Waals surface area contributed by atoms with Crippen LogP contribution in [-0.4, -0.2) is 9.78 Å². The molecule has 1 atom stereocenters. The second-order valence-electron chi connectivity index (χ2n) is 4.39. The molecule has 1 unspecified atom stereocenters. The summed E-state index contributed by atoms with van der Waals surface area (Å²) in [6.07, 6.45) is 1.93. The smallest absolute Gasteiger partial charge is 0.0537 e. The normalized spacial score (nSPS) is 12.6. The third kappa shape index (κ3) is 2.74. The molecule has 3 nitrogen and oxygen atoms in total. The van der Waals surface area contributed by atoms with Gasteiger partial charge in [0.2, 0.25) is 0 Å². The standard InChI is InChI=1S/C14H19N3/c1-11(13-7-5-4-6-8-13)15-9-14-10-16-17(3)12(14)2/h4-8,10-11,15H,9H2,1-3H3. The first-order valence-corrected chi connectivity index (χ1v) is 5.94. The van der Waals surface area contributed by atoms with Gasteiger partial charge >= 0.3 is 0 Å². The number of aromatic nitrogens is 2. The Bertz CT molecular complexity index is 473. The molecule has 0 bridgehead atoms. The predicted octanol–water partition coefficient (Wildman–Crippen LogP) is 2.58. The van der Waals surface area contributed by atoms with Gasteiger partial charge in [-0.15, -0.1) is 0 Å². The molecule has 0 saturated heterocycles. The first-order valence-electron chi connectivity index (χ1n) is 5.94. The van der Waals surface area contributed by atoms with Crippen molar-refractivity contribution in [2.75, 3.05) is 0 Å². The molecule has 0 aliphatic heterocycles. The number of rotatable bonds is 4. The zero-order valence-electron chi connectivity index (χ0n) is 10.6. The van der Waals surface area contributed by atoms with Crippen LogP contribution in [0, 0.1) is 6.92 Å². The quantitative estimate of drug-likeness (QED) is 0.873. The zero-order chi connectivity index (χ0) is 12.3. The molecule has 90 valence electrons. The van der Waals surface area contributed by atoms with Gasteiger partial charge < -0.3 is 5.32 Å². The summed E-state index contributed by atoms with van der Waals surface area (Å²) in [6, 6.07) is 10.8. The number of benzene rings is 1. The van der Waals surface area contributed by atoms with Gasteiger partial charge in [-0.25, -0.2) is 0 Å². The van der Waals surface area contributed by atoms with Crippen LogP contribution in [0.4, 0.5) is 0 Å². The molecule has 3 heteroatoms. The minimum Gasteiger partial charge on any atom is -0.306 e. The zero-order valence-corrected chi connectivity index (χ0v) is 10.6. The highest BCUT2D eigenvalue weighted by Gasteiger charge is 2.07. The molecule has 2 rings (SSSR count). The van der Waals surface area contributed by atoms with Crippen LogP contribution in [0.3, 0.4) is 0 Å². The molecular formula is C14H19N3. The van der Waals surface area contributed by atoms with E-state index >= 15 is 0 Å². The summed E-state index contributed by atoms with van der Waals surface area (Å²) in [6.45, 7) is 5.13. The number of aryl methyl sites for hydroxylation is 1. The maximum atomic E-state index is 4.24. The third-order valence-corrected chi connectivity index (χ3v) is 3.24. The van der Waals surface area contributed by atoms with Gasteiger partial charge in [-0.2, -0.15) is 5.10 Å². The SMILES string of the molecule is Cc1c(CNC(C)c2ccccc2)cnn1C. The van der Waals surface area contributed by atoms with E-state index < -0.39 is 0 Å². The molecule has 1 aromatic carbocycles. The Balaban J connectivity index is 1.97. The summed E-state index contributed by atoms with van der Waals surface area (Å²) in [5, 5.41) is 7.76. The third-order valence-electron chi connectivity index (χ3n) is 3.24. The van der Waals surface area contributed by atoms with Crippen molar-refractivity contribution >= 4 is 0 Å². The van der Waals surface area contributed by atoms with Gasteiger partial charge in [-0.3, -0.25) is 4.68 Å². The second-order valence-corrected chi connectivity index (χ2v) is 4.39. The fraction of sp³-hybridized carbons (Fsp3) is 0.357. The Morgan fingerprint density at radius 2 is 2.00 bits per heavy atom. The van der Waals surface area contributed by atoms with E-state index in [1.807, 2.05) is 24.0 Å². The predicted molar refractivity (Wildman–Crippen MR) is 69.6 cm³/mol. The maximum Gasteiger partial charge on any atom is 0.0537 e. The highest BCUT2D eigenvalue weighted by atomic mass is 15.3. The average molecular weight is 229 g/mol. The van der Waals surface area contributed by atoms with Crippen LogP contribution >= 0.6 is 0 Å². The van der Waals surface area contributed by atoms with Gasteiger partial charge in [0.1, 0.15) is 0 Å². The Morgan fingerprint density at radius 1 is 1.29 bits per heavy atom. The second kappa shape index (κ2) is 5.15. The van der Waals surface area contributed by atoms with Crippen LogP contribution < -0.4 is 5.32 Å². The molecule has 1 aromatic heterocycles. The number of hydrogen-bond acceptors (Lipinski definition) is 2. The molecule has 1 N–H and O–H groups in total. The van der Waals surface area contributed by atoms with Crippen molar-refractivity contribution in [3.63, 3.8) is 0 Å². The number of nitrogens with one attached hydrogen (secondary N) is 1. The lowest BCUT2D eigenvalue weighted by molar-refractivity contribution is 0.572. The topological polar surface area (TPSA) is 29.9 Å². The Kier molecular flexibility index (Phi) is 3.59. The summed E-state index contributed by atoms with van der Waals surface area (Å²) >= 11 is 0. The van der Waals surface area contributed by atoms with E-state index in [1.165, 1.54) is 16.8 Å². The van der Waals surface area contributed by atoms with Crippen molar-refractivity contribution in [2.45, 2.75) is 26.4 Å². The molecule has 0 fully saturated rings. The molecule has 0 saturated carbocycles. The van der Waals surface area contributed by atoms with Crippen molar-refractivity contribution in [3.8, 4) is 0 Å². The molecule has 17 heavy (non-hydrogen) atoms. The highest BCUT2D eigenvalue weighted by molar-refractivity contribution is 5.19. The fourth-order valence-corrected chi connectivity index (χ4v) is 1.84. The lowest BCUT2D eigenvalue weighted by atomic mass is 10.1. The van der Waals surface area contributed by atoms with Gasteiger partial charge in [0, 0.05) is 30.9 Å². The minimum absolute atomic E-state index is 0.357. The van der Waals surface area contributed by atoms with Crippen LogP contribution in [-0.2, 0) is 13.6 Å². The van der Waals surface area contributed by atoms with Crippen LogP contribution in [0.1, 0.15) is 29.8 Å². The van der Waals surface area contributed by atoms with Crippen molar-refractivity contribution in [2.24, 2.45) is 7.05 Å². The van der Waals surface area contributed by atoms with Crippen molar-refractivity contribution in [3.05, 3.63) is 53.3 Å². The van der Waals surface area contributed by atoms with Crippen molar-refractivity contribution in [1.29, 1.82) is 0 Å². The first-order chi connectivity index (χ1) is 8.18. The Hall–Kier alpha value is -1.61. The lowest BCUT2D eigenvalue weighted by Crippen LogP contribution is -2.18. The van der Waals surface area contributed by atoms with E-state index in [0.29, 0.717) is 6.04 Å². The number of hydrogen-bond donors (Lipinski definition) is 1. The molecular weight excluding hydrogens is 210 g/mol. The Morgan fingerprint density at radius 3 is 2.59 bits per heavy atom. The van der Waals surface area contributed by atoms with Crippen LogP contribution in [0.15, 0.2) is 36.5 Å². The van der Waals surface area contributed by atoms with Gasteiger partial charge in [0.25, 0.3) is 0 Å². The summed E-state index contributed by atoms with van der Waals surface area (Å²) < 4.78 is 1.91. The molecule has 0 amide bonds. The van der Waals surface area contributed by atoms with Crippen LogP contribution in [0.5, 0.6) is 0 Å². The van der Waals surface area contributed by atoms with Gasteiger partial charge in [-0.05, 0) is 19.4 Å². The first kappa shape index (κ1) is 11.9. The van der Waals surface area contributed by atoms with Gasteiger partial charge in [0.15, 0.2) is 0 Å². The van der Waals surface area contributed by atoms with Gasteiger partial charge in [-0.1, -0.05) is 30.3 Å². The summed E-state index contributed by atoms with van der Waals surface area (Å²) in [5.74, 6) is 0. The average Bonchev–Trinajstić information content (AvgIpc) is 2.68. The monoisotopic (exact) mass is 229 g/mol. The Labute approximate surface area is 102 Å². The lowest BCUT2D eigenvalue weighted by Gasteiger charge is -2.13. The van der Waals surface area contributed by atoms with E-state index in [2.05, 4.69) is 48.5 Å². The van der Waals surface area contributed by atoms with E-state index in [1.54, 1.807) is 0 Å². The van der Waals surface area contributed by atoms with E-state index in [-0.39, 0.29) is 0 Å². The molecule has 2 aromatic rings. The molecule has 0 spiro atoms. The fourth-order valence-electron chi connectivity index (χ4n) is 1.84. The summed E-state index contributed by atoms with van der Waals surface area (Å²) in [5.41, 5.74) is 3.79. The molecule has 0 aliphatic rings. The highest BCUT2D eigenvalue weighted by Crippen LogP contribution is 2.13. The van der Waals surface area contributed by atoms with E-state index in [9.17, 15) is 0 Å². The van der Waals surface area contributed by atoms with Crippen LogP contribution in [0.25, 0.3) is 0 Å². The molecule has 0 aliphatic carbocycles. The van der Waals surface area contributed by atoms with E-state index in [0.717, 1.165) is 6.54 Å². The molecule has 0 radical (unpaired) electrons. The van der Waals surface area contributed by atoms with Crippen LogP contribution in [0.2, 0.25) is 0 Å². The maximum absolute atomic E-state index is 4.24. The number of nitrogens with zero attached hydrogens (tertiary/aromatic N) is 2. The minimum atomic E-state index is 0.357. The van der Waals surface area contributed by atoms with Crippen molar-refractivity contribution in [1.82, 2.24) is 15.1 Å². The van der Waals surface area contributed by atoms with E-state index in [4.69, 9.17) is 0 Å². The molecule has 1 heterocycles. The van der Waals surface area contributed by atoms with Crippen molar-refractivity contribution < 1.29 is 0 Å². The summed E-state index contributed by atoms with van der Waals surface area (Å²) in [7, 11) is 1.97. The largest absolute Gasteiger partial charge is 0.306 e.